The summed E-state index contributed by atoms with van der Waals surface area (Å²) in [6, 6.07) is 7.72. The lowest BCUT2D eigenvalue weighted by atomic mass is 10.3. The van der Waals surface area contributed by atoms with Crippen LogP contribution in [0.3, 0.4) is 0 Å². The van der Waals surface area contributed by atoms with Crippen molar-refractivity contribution in [3.8, 4) is 5.75 Å². The molecule has 0 N–H and O–H groups in total. The number of rotatable bonds is 7. The molecule has 0 aromatic heterocycles. The smallest absolute Gasteiger partial charge is 0.157 e. The second-order valence-corrected chi connectivity index (χ2v) is 5.67. The number of benzene rings is 1. The molecular formula is C12H18ClO2P. The highest BCUT2D eigenvalue weighted by molar-refractivity contribution is 7.86. The molecule has 0 radical (unpaired) electrons. The fraction of sp³-hybridized carbons (Fsp3) is 0.500. The normalized spacial score (nSPS) is 12.4. The van der Waals surface area contributed by atoms with Gasteiger partial charge in [0.15, 0.2) is 7.50 Å². The molecule has 0 bridgehead atoms. The molecule has 16 heavy (non-hydrogen) atoms. The molecule has 1 atom stereocenters. The number of unbranched alkanes of at least 4 members (excludes halogenated alkanes) is 2. The third-order valence-electron chi connectivity index (χ3n) is 2.23. The zero-order valence-corrected chi connectivity index (χ0v) is 11.4. The van der Waals surface area contributed by atoms with Gasteiger partial charge in [0.05, 0.1) is 13.7 Å². The molecule has 0 aliphatic rings. The third-order valence-corrected chi connectivity index (χ3v) is 4.22. The molecule has 0 aliphatic heterocycles. The summed E-state index contributed by atoms with van der Waals surface area (Å²) in [5.74, 6) is 0.842. The monoisotopic (exact) mass is 260 g/mol. The van der Waals surface area contributed by atoms with Crippen molar-refractivity contribution >= 4 is 24.0 Å². The van der Waals surface area contributed by atoms with E-state index < -0.39 is 7.50 Å². The fourth-order valence-corrected chi connectivity index (χ4v) is 2.64. The Bertz CT molecular complexity index is 290. The Morgan fingerprint density at radius 1 is 1.19 bits per heavy atom. The van der Waals surface area contributed by atoms with Gasteiger partial charge in [-0.05, 0) is 30.7 Å². The molecule has 0 amide bonds. The first-order valence-corrected chi connectivity index (χ1v) is 7.67. The predicted octanol–water partition coefficient (Wildman–Crippen LogP) is 4.08. The van der Waals surface area contributed by atoms with Crippen molar-refractivity contribution in [2.45, 2.75) is 26.2 Å². The van der Waals surface area contributed by atoms with Crippen molar-refractivity contribution in [2.24, 2.45) is 0 Å². The first-order valence-electron chi connectivity index (χ1n) is 5.50. The van der Waals surface area contributed by atoms with Crippen LogP contribution in [0.2, 0.25) is 0 Å². The van der Waals surface area contributed by atoms with Gasteiger partial charge >= 0.3 is 0 Å². The molecule has 1 aromatic rings. The van der Waals surface area contributed by atoms with E-state index in [2.05, 4.69) is 6.92 Å². The Hall–Kier alpha value is -0.300. The molecule has 4 heteroatoms. The molecule has 1 aromatic carbocycles. The van der Waals surface area contributed by atoms with Crippen LogP contribution in [-0.4, -0.2) is 13.7 Å². The van der Waals surface area contributed by atoms with E-state index >= 15 is 0 Å². The highest BCUT2D eigenvalue weighted by Crippen LogP contribution is 2.41. The summed E-state index contributed by atoms with van der Waals surface area (Å²) in [5, 5.41) is 1.04. The standard InChI is InChI=1S/C12H18ClO2P/c1-3-4-5-10-15-16(13)12-8-6-11(14-2)7-9-12/h6-9H,3-5,10H2,1-2H3. The average molecular weight is 261 g/mol. The van der Waals surface area contributed by atoms with Crippen LogP contribution in [0.25, 0.3) is 0 Å². The summed E-state index contributed by atoms with van der Waals surface area (Å²) in [5.41, 5.74) is 0. The van der Waals surface area contributed by atoms with Crippen LogP contribution in [0, 0.1) is 0 Å². The van der Waals surface area contributed by atoms with Gasteiger partial charge in [0.25, 0.3) is 0 Å². The fourth-order valence-electron chi connectivity index (χ4n) is 1.27. The summed E-state index contributed by atoms with van der Waals surface area (Å²) < 4.78 is 10.7. The van der Waals surface area contributed by atoms with Gasteiger partial charge in [-0.2, -0.15) is 0 Å². The van der Waals surface area contributed by atoms with Crippen molar-refractivity contribution < 1.29 is 9.26 Å². The van der Waals surface area contributed by atoms with Crippen molar-refractivity contribution in [1.82, 2.24) is 0 Å². The largest absolute Gasteiger partial charge is 0.497 e. The molecule has 0 spiro atoms. The summed E-state index contributed by atoms with van der Waals surface area (Å²) in [6.45, 7) is 2.92. The van der Waals surface area contributed by atoms with Gasteiger partial charge < -0.3 is 9.26 Å². The van der Waals surface area contributed by atoms with Crippen LogP contribution < -0.4 is 10.0 Å². The molecule has 0 saturated carbocycles. The van der Waals surface area contributed by atoms with Gasteiger partial charge in [0.1, 0.15) is 5.75 Å². The Morgan fingerprint density at radius 2 is 1.88 bits per heavy atom. The van der Waals surface area contributed by atoms with E-state index in [0.717, 1.165) is 24.1 Å². The second kappa shape index (κ2) is 7.89. The lowest BCUT2D eigenvalue weighted by Gasteiger charge is -2.10. The Kier molecular flexibility index (Phi) is 6.79. The summed E-state index contributed by atoms with van der Waals surface area (Å²) >= 11 is 6.18. The number of hydrogen-bond acceptors (Lipinski definition) is 2. The number of methoxy groups -OCH3 is 1. The van der Waals surface area contributed by atoms with Crippen molar-refractivity contribution in [3.63, 3.8) is 0 Å². The maximum atomic E-state index is 6.18. The van der Waals surface area contributed by atoms with Crippen molar-refractivity contribution in [3.05, 3.63) is 24.3 Å². The van der Waals surface area contributed by atoms with Crippen molar-refractivity contribution in [1.29, 1.82) is 0 Å². The van der Waals surface area contributed by atoms with Gasteiger partial charge in [0, 0.05) is 5.30 Å². The number of ether oxygens (including phenoxy) is 1. The Labute approximate surface area is 104 Å². The summed E-state index contributed by atoms with van der Waals surface area (Å²) in [7, 11) is 0.660. The lowest BCUT2D eigenvalue weighted by Crippen LogP contribution is -2.00. The average Bonchev–Trinajstić information content (AvgIpc) is 2.34. The third kappa shape index (κ3) is 4.69. The van der Waals surface area contributed by atoms with Gasteiger partial charge in [-0.15, -0.1) is 0 Å². The second-order valence-electron chi connectivity index (χ2n) is 3.48. The molecule has 0 aliphatic carbocycles. The van der Waals surface area contributed by atoms with Crippen LogP contribution in [0.15, 0.2) is 24.3 Å². The van der Waals surface area contributed by atoms with Crippen LogP contribution in [0.4, 0.5) is 0 Å². The first-order chi connectivity index (χ1) is 7.77. The minimum Gasteiger partial charge on any atom is -0.497 e. The molecule has 1 rings (SSSR count). The minimum atomic E-state index is -0.993. The highest BCUT2D eigenvalue weighted by atomic mass is 35.7. The van der Waals surface area contributed by atoms with E-state index in [0.29, 0.717) is 0 Å². The number of halogens is 1. The highest BCUT2D eigenvalue weighted by Gasteiger charge is 2.08. The molecule has 90 valence electrons. The number of hydrogen-bond donors (Lipinski definition) is 0. The maximum absolute atomic E-state index is 6.18. The maximum Gasteiger partial charge on any atom is 0.157 e. The molecule has 0 heterocycles. The molecule has 0 fully saturated rings. The van der Waals surface area contributed by atoms with Crippen LogP contribution in [0.5, 0.6) is 5.75 Å². The van der Waals surface area contributed by atoms with Gasteiger partial charge in [0.2, 0.25) is 0 Å². The quantitative estimate of drug-likeness (QED) is 0.543. The van der Waals surface area contributed by atoms with Gasteiger partial charge in [-0.1, -0.05) is 31.0 Å². The van der Waals surface area contributed by atoms with Crippen LogP contribution in [0.1, 0.15) is 26.2 Å². The summed E-state index contributed by atoms with van der Waals surface area (Å²) in [6.07, 6.45) is 3.48. The van der Waals surface area contributed by atoms with Gasteiger partial charge in [-0.25, -0.2) is 0 Å². The first kappa shape index (κ1) is 13.8. The SMILES string of the molecule is CCCCCOP(Cl)c1ccc(OC)cc1. The summed E-state index contributed by atoms with van der Waals surface area (Å²) in [4.78, 5) is 0. The zero-order valence-electron chi connectivity index (χ0n) is 9.78. The Balaban J connectivity index is 2.37. The molecule has 1 unspecified atom stereocenters. The van der Waals surface area contributed by atoms with Crippen LogP contribution >= 0.6 is 18.7 Å². The molecule has 2 nitrogen and oxygen atoms in total. The molecular weight excluding hydrogens is 243 g/mol. The van der Waals surface area contributed by atoms with E-state index in [1.165, 1.54) is 12.8 Å². The minimum absolute atomic E-state index is 0.745. The van der Waals surface area contributed by atoms with E-state index in [4.69, 9.17) is 20.5 Å². The van der Waals surface area contributed by atoms with Crippen LogP contribution in [-0.2, 0) is 4.52 Å². The van der Waals surface area contributed by atoms with E-state index in [-0.39, 0.29) is 0 Å². The molecule has 0 saturated heterocycles. The predicted molar refractivity (Wildman–Crippen MR) is 70.9 cm³/mol. The van der Waals surface area contributed by atoms with Crippen molar-refractivity contribution in [2.75, 3.05) is 13.7 Å². The Morgan fingerprint density at radius 3 is 2.44 bits per heavy atom. The topological polar surface area (TPSA) is 18.5 Å². The lowest BCUT2D eigenvalue weighted by molar-refractivity contribution is 0.348. The van der Waals surface area contributed by atoms with Gasteiger partial charge in [-0.3, -0.25) is 0 Å². The zero-order chi connectivity index (χ0) is 11.8. The van der Waals surface area contributed by atoms with E-state index in [9.17, 15) is 0 Å². The van der Waals surface area contributed by atoms with E-state index in [1.54, 1.807) is 7.11 Å². The van der Waals surface area contributed by atoms with E-state index in [1.807, 2.05) is 24.3 Å².